The van der Waals surface area contributed by atoms with E-state index in [1.807, 2.05) is 43.3 Å². The van der Waals surface area contributed by atoms with Crippen molar-refractivity contribution in [1.29, 1.82) is 0 Å². The highest BCUT2D eigenvalue weighted by molar-refractivity contribution is 14.1. The molecular weight excluding hydrogens is 327 g/mol. The topological polar surface area (TPSA) is 48.1 Å². The first-order valence-electron chi connectivity index (χ1n) is 5.31. The van der Waals surface area contributed by atoms with E-state index in [1.54, 1.807) is 6.20 Å². The zero-order valence-electron chi connectivity index (χ0n) is 9.43. The minimum atomic E-state index is -0.0547. The molecule has 0 aliphatic carbocycles. The quantitative estimate of drug-likeness (QED) is 0.870. The average molecular weight is 340 g/mol. The van der Waals surface area contributed by atoms with Crippen LogP contribution in [0, 0.1) is 3.57 Å². The van der Waals surface area contributed by atoms with Gasteiger partial charge in [-0.2, -0.15) is 0 Å². The summed E-state index contributed by atoms with van der Waals surface area (Å²) in [7, 11) is 0. The van der Waals surface area contributed by atoms with E-state index in [0.717, 1.165) is 20.8 Å². The van der Waals surface area contributed by atoms with Gasteiger partial charge in [-0.1, -0.05) is 12.1 Å². The molecule has 0 bridgehead atoms. The predicted molar refractivity (Wildman–Crippen MR) is 76.1 cm³/mol. The Hall–Kier alpha value is -1.14. The number of ether oxygens (including phenoxy) is 1. The molecule has 0 spiro atoms. The van der Waals surface area contributed by atoms with Gasteiger partial charge in [0.05, 0.1) is 15.5 Å². The number of benzene rings is 1. The third kappa shape index (κ3) is 3.17. The van der Waals surface area contributed by atoms with Crippen molar-refractivity contribution in [1.82, 2.24) is 4.98 Å². The van der Waals surface area contributed by atoms with Crippen LogP contribution in [-0.4, -0.2) is 4.98 Å². The van der Waals surface area contributed by atoms with Crippen LogP contribution < -0.4 is 10.5 Å². The van der Waals surface area contributed by atoms with Crippen molar-refractivity contribution < 1.29 is 4.74 Å². The molecule has 0 radical (unpaired) electrons. The lowest BCUT2D eigenvalue weighted by atomic mass is 10.2. The van der Waals surface area contributed by atoms with Crippen molar-refractivity contribution in [2.24, 2.45) is 5.73 Å². The Bertz CT molecular complexity index is 497. The summed E-state index contributed by atoms with van der Waals surface area (Å²) in [5.74, 6) is 1.56. The van der Waals surface area contributed by atoms with Crippen LogP contribution in [0.1, 0.15) is 18.7 Å². The molecule has 2 aromatic rings. The zero-order chi connectivity index (χ0) is 12.3. The van der Waals surface area contributed by atoms with Crippen molar-refractivity contribution in [3.63, 3.8) is 0 Å². The van der Waals surface area contributed by atoms with Crippen molar-refractivity contribution in [3.05, 3.63) is 51.9 Å². The third-order valence-electron chi connectivity index (χ3n) is 2.29. The van der Waals surface area contributed by atoms with Crippen LogP contribution in [0.5, 0.6) is 11.5 Å². The van der Waals surface area contributed by atoms with E-state index < -0.39 is 0 Å². The Kier molecular flexibility index (Phi) is 3.96. The molecular formula is C13H13IN2O. The molecule has 0 saturated heterocycles. The summed E-state index contributed by atoms with van der Waals surface area (Å²) in [4.78, 5) is 4.25. The highest BCUT2D eigenvalue weighted by Gasteiger charge is 2.04. The van der Waals surface area contributed by atoms with Gasteiger partial charge >= 0.3 is 0 Å². The molecule has 0 amide bonds. The van der Waals surface area contributed by atoms with Crippen LogP contribution in [0.2, 0.25) is 0 Å². The third-order valence-corrected chi connectivity index (χ3v) is 3.18. The first kappa shape index (κ1) is 12.3. The van der Waals surface area contributed by atoms with Gasteiger partial charge in [0.2, 0.25) is 0 Å². The molecule has 0 aliphatic heterocycles. The summed E-state index contributed by atoms with van der Waals surface area (Å²) in [6.07, 6.45) is 1.70. The van der Waals surface area contributed by atoms with Crippen LogP contribution in [0.4, 0.5) is 0 Å². The highest BCUT2D eigenvalue weighted by Crippen LogP contribution is 2.26. The van der Waals surface area contributed by atoms with Crippen molar-refractivity contribution >= 4 is 22.6 Å². The molecule has 4 heteroatoms. The van der Waals surface area contributed by atoms with Gasteiger partial charge in [-0.3, -0.25) is 4.98 Å². The monoisotopic (exact) mass is 340 g/mol. The number of pyridine rings is 1. The maximum absolute atomic E-state index is 5.74. The summed E-state index contributed by atoms with van der Waals surface area (Å²) < 4.78 is 6.80. The molecule has 0 unspecified atom stereocenters. The van der Waals surface area contributed by atoms with Crippen molar-refractivity contribution in [2.75, 3.05) is 0 Å². The molecule has 1 aromatic heterocycles. The fourth-order valence-electron chi connectivity index (χ4n) is 1.38. The van der Waals surface area contributed by atoms with Gasteiger partial charge in [0.25, 0.3) is 0 Å². The lowest BCUT2D eigenvalue weighted by Gasteiger charge is -2.08. The van der Waals surface area contributed by atoms with Gasteiger partial charge in [0.1, 0.15) is 11.5 Å². The number of hydrogen-bond donors (Lipinski definition) is 1. The van der Waals surface area contributed by atoms with Gasteiger partial charge < -0.3 is 10.5 Å². The van der Waals surface area contributed by atoms with Crippen LogP contribution in [0.25, 0.3) is 0 Å². The van der Waals surface area contributed by atoms with E-state index in [0.29, 0.717) is 0 Å². The van der Waals surface area contributed by atoms with E-state index in [4.69, 9.17) is 10.5 Å². The highest BCUT2D eigenvalue weighted by atomic mass is 127. The van der Waals surface area contributed by atoms with Crippen LogP contribution >= 0.6 is 22.6 Å². The zero-order valence-corrected chi connectivity index (χ0v) is 11.6. The minimum absolute atomic E-state index is 0.0547. The molecule has 3 nitrogen and oxygen atoms in total. The molecule has 17 heavy (non-hydrogen) atoms. The molecule has 0 saturated carbocycles. The molecule has 0 fully saturated rings. The summed E-state index contributed by atoms with van der Waals surface area (Å²) in [5, 5.41) is 0. The lowest BCUT2D eigenvalue weighted by molar-refractivity contribution is 0.476. The van der Waals surface area contributed by atoms with E-state index in [2.05, 4.69) is 27.6 Å². The smallest absolute Gasteiger partial charge is 0.145 e. The number of halogens is 1. The first-order chi connectivity index (χ1) is 8.16. The van der Waals surface area contributed by atoms with Crippen LogP contribution in [0.15, 0.2) is 42.6 Å². The average Bonchev–Trinajstić information content (AvgIpc) is 2.33. The van der Waals surface area contributed by atoms with Crippen molar-refractivity contribution in [3.8, 4) is 11.5 Å². The number of hydrogen-bond acceptors (Lipinski definition) is 3. The van der Waals surface area contributed by atoms with Crippen molar-refractivity contribution in [2.45, 2.75) is 13.0 Å². The minimum Gasteiger partial charge on any atom is -0.455 e. The number of rotatable bonds is 3. The number of para-hydroxylation sites is 1. The normalized spacial score (nSPS) is 12.2. The van der Waals surface area contributed by atoms with Gasteiger partial charge in [0.15, 0.2) is 0 Å². The molecule has 2 N–H and O–H groups in total. The van der Waals surface area contributed by atoms with Crippen LogP contribution in [-0.2, 0) is 0 Å². The Morgan fingerprint density at radius 2 is 2.00 bits per heavy atom. The summed E-state index contributed by atoms with van der Waals surface area (Å²) >= 11 is 2.24. The predicted octanol–water partition coefficient (Wildman–Crippen LogP) is 3.50. The fourth-order valence-corrected chi connectivity index (χ4v) is 1.87. The maximum Gasteiger partial charge on any atom is 0.145 e. The second kappa shape index (κ2) is 5.46. The van der Waals surface area contributed by atoms with Gasteiger partial charge in [-0.15, -0.1) is 0 Å². The number of nitrogens with zero attached hydrogens (tertiary/aromatic N) is 1. The fraction of sp³-hybridized carbons (Fsp3) is 0.154. The standard InChI is InChI=1S/C13H13IN2O/c1-9(15)12-7-6-10(8-16-12)17-13-5-3-2-4-11(13)14/h2-9H,15H2,1H3/t9-/m0/s1. The molecule has 88 valence electrons. The molecule has 1 aromatic carbocycles. The number of nitrogens with two attached hydrogens (primary N) is 1. The number of aromatic nitrogens is 1. The summed E-state index contributed by atoms with van der Waals surface area (Å²) in [6, 6.07) is 11.6. The Morgan fingerprint density at radius 1 is 1.24 bits per heavy atom. The SMILES string of the molecule is C[C@H](N)c1ccc(Oc2ccccc2I)cn1. The molecule has 0 aliphatic rings. The molecule has 2 rings (SSSR count). The first-order valence-corrected chi connectivity index (χ1v) is 6.38. The maximum atomic E-state index is 5.74. The lowest BCUT2D eigenvalue weighted by Crippen LogP contribution is -2.06. The Balaban J connectivity index is 2.17. The van der Waals surface area contributed by atoms with Gasteiger partial charge in [-0.25, -0.2) is 0 Å². The second-order valence-electron chi connectivity index (χ2n) is 3.74. The largest absolute Gasteiger partial charge is 0.455 e. The van der Waals surface area contributed by atoms with E-state index in [1.165, 1.54) is 0 Å². The van der Waals surface area contributed by atoms with E-state index >= 15 is 0 Å². The van der Waals surface area contributed by atoms with Gasteiger partial charge in [-0.05, 0) is 53.8 Å². The second-order valence-corrected chi connectivity index (χ2v) is 4.90. The van der Waals surface area contributed by atoms with Crippen LogP contribution in [0.3, 0.4) is 0 Å². The molecule has 1 atom stereocenters. The van der Waals surface area contributed by atoms with E-state index in [9.17, 15) is 0 Å². The Labute approximate surface area is 114 Å². The van der Waals surface area contributed by atoms with E-state index in [-0.39, 0.29) is 6.04 Å². The van der Waals surface area contributed by atoms with Gasteiger partial charge in [0, 0.05) is 6.04 Å². The Morgan fingerprint density at radius 3 is 2.59 bits per heavy atom. The molecule has 1 heterocycles. The summed E-state index contributed by atoms with van der Waals surface area (Å²) in [5.41, 5.74) is 6.60. The summed E-state index contributed by atoms with van der Waals surface area (Å²) in [6.45, 7) is 1.91.